The molecule has 0 spiro atoms. The number of benzene rings is 1. The number of hydrogen-bond acceptors (Lipinski definition) is 4. The molecule has 0 bridgehead atoms. The molecule has 82 valence electrons. The van der Waals surface area contributed by atoms with Crippen molar-refractivity contribution in [3.8, 4) is 0 Å². The minimum atomic E-state index is -0.625. The Bertz CT molecular complexity index is 338. The van der Waals surface area contributed by atoms with Crippen molar-refractivity contribution in [2.75, 3.05) is 13.7 Å². The van der Waals surface area contributed by atoms with Gasteiger partial charge in [-0.2, -0.15) is 0 Å². The Morgan fingerprint density at radius 2 is 2.33 bits per heavy atom. The van der Waals surface area contributed by atoms with Crippen LogP contribution in [0.4, 0.5) is 0 Å². The lowest BCUT2D eigenvalue weighted by molar-refractivity contribution is 0.0600. The van der Waals surface area contributed by atoms with E-state index in [0.29, 0.717) is 24.1 Å². The zero-order chi connectivity index (χ0) is 11.3. The molecule has 1 atom stereocenters. The van der Waals surface area contributed by atoms with Crippen LogP contribution in [0.5, 0.6) is 0 Å². The summed E-state index contributed by atoms with van der Waals surface area (Å²) in [6, 6.07) is 6.73. The predicted molar refractivity (Wildman–Crippen MR) is 56.4 cm³/mol. The third-order valence-corrected chi connectivity index (χ3v) is 2.13. The molecule has 0 unspecified atom stereocenters. The van der Waals surface area contributed by atoms with Gasteiger partial charge in [0.1, 0.15) is 0 Å². The predicted octanol–water partition coefficient (Wildman–Crippen LogP) is 0.855. The Labute approximate surface area is 88.7 Å². The molecule has 1 aromatic carbocycles. The van der Waals surface area contributed by atoms with Crippen molar-refractivity contribution >= 4 is 5.97 Å². The number of rotatable bonds is 4. The van der Waals surface area contributed by atoms with E-state index in [9.17, 15) is 9.90 Å². The molecule has 0 saturated heterocycles. The largest absolute Gasteiger partial charge is 0.465 e. The highest BCUT2D eigenvalue weighted by Gasteiger charge is 2.10. The van der Waals surface area contributed by atoms with Crippen molar-refractivity contribution < 1.29 is 14.6 Å². The smallest absolute Gasteiger partial charge is 0.337 e. The topological polar surface area (TPSA) is 72.5 Å². The van der Waals surface area contributed by atoms with Gasteiger partial charge < -0.3 is 15.6 Å². The Balaban J connectivity index is 2.87. The van der Waals surface area contributed by atoms with Crippen molar-refractivity contribution in [1.82, 2.24) is 0 Å². The van der Waals surface area contributed by atoms with Crippen LogP contribution in [0, 0.1) is 0 Å². The zero-order valence-corrected chi connectivity index (χ0v) is 8.64. The highest BCUT2D eigenvalue weighted by Crippen LogP contribution is 2.17. The van der Waals surface area contributed by atoms with Gasteiger partial charge in [0.25, 0.3) is 0 Å². The van der Waals surface area contributed by atoms with Crippen LogP contribution in [0.25, 0.3) is 0 Å². The van der Waals surface area contributed by atoms with Gasteiger partial charge in [-0.3, -0.25) is 0 Å². The molecule has 0 aliphatic rings. The van der Waals surface area contributed by atoms with Crippen molar-refractivity contribution in [2.24, 2.45) is 5.73 Å². The molecule has 0 radical (unpaired) electrons. The first-order valence-corrected chi connectivity index (χ1v) is 4.75. The second-order valence-corrected chi connectivity index (χ2v) is 3.21. The lowest BCUT2D eigenvalue weighted by atomic mass is 10.0. The zero-order valence-electron chi connectivity index (χ0n) is 8.64. The van der Waals surface area contributed by atoms with Crippen LogP contribution in [0.3, 0.4) is 0 Å². The normalized spacial score (nSPS) is 12.2. The Morgan fingerprint density at radius 3 is 2.93 bits per heavy atom. The van der Waals surface area contributed by atoms with Gasteiger partial charge in [-0.15, -0.1) is 0 Å². The quantitative estimate of drug-likeness (QED) is 0.721. The number of carbonyl (C=O) groups is 1. The third kappa shape index (κ3) is 3.04. The van der Waals surface area contributed by atoms with E-state index >= 15 is 0 Å². The fourth-order valence-electron chi connectivity index (χ4n) is 1.32. The summed E-state index contributed by atoms with van der Waals surface area (Å²) in [6.45, 7) is 0.406. The minimum Gasteiger partial charge on any atom is -0.465 e. The number of ether oxygens (including phenoxy) is 1. The van der Waals surface area contributed by atoms with E-state index in [1.165, 1.54) is 7.11 Å². The summed E-state index contributed by atoms with van der Waals surface area (Å²) in [5.74, 6) is -0.406. The molecule has 0 heterocycles. The number of nitrogens with two attached hydrogens (primary N) is 1. The summed E-state index contributed by atoms with van der Waals surface area (Å²) in [5, 5.41) is 9.67. The monoisotopic (exact) mass is 209 g/mol. The standard InChI is InChI=1S/C11H15NO3/c1-15-11(14)9-4-2-3-8(7-9)10(13)5-6-12/h2-4,7,10,13H,5-6,12H2,1H3/t10-/m1/s1. The summed E-state index contributed by atoms with van der Waals surface area (Å²) in [6.07, 6.45) is -0.149. The molecule has 0 aromatic heterocycles. The van der Waals surface area contributed by atoms with Gasteiger partial charge >= 0.3 is 5.97 Å². The van der Waals surface area contributed by atoms with Crippen molar-refractivity contribution in [1.29, 1.82) is 0 Å². The van der Waals surface area contributed by atoms with Gasteiger partial charge in [-0.1, -0.05) is 12.1 Å². The number of hydrogen-bond donors (Lipinski definition) is 2. The van der Waals surface area contributed by atoms with Crippen LogP contribution >= 0.6 is 0 Å². The van der Waals surface area contributed by atoms with Crippen LogP contribution < -0.4 is 5.73 Å². The second-order valence-electron chi connectivity index (χ2n) is 3.21. The highest BCUT2D eigenvalue weighted by molar-refractivity contribution is 5.89. The van der Waals surface area contributed by atoms with Gasteiger partial charge in [0, 0.05) is 0 Å². The second kappa shape index (κ2) is 5.48. The first-order chi connectivity index (χ1) is 7.19. The molecule has 0 amide bonds. The van der Waals surface area contributed by atoms with Gasteiger partial charge in [-0.05, 0) is 30.7 Å². The van der Waals surface area contributed by atoms with E-state index < -0.39 is 12.1 Å². The van der Waals surface area contributed by atoms with E-state index in [0.717, 1.165) is 0 Å². The molecule has 3 N–H and O–H groups in total. The van der Waals surface area contributed by atoms with E-state index in [1.807, 2.05) is 0 Å². The van der Waals surface area contributed by atoms with E-state index in [-0.39, 0.29) is 0 Å². The molecule has 1 rings (SSSR count). The fraction of sp³-hybridized carbons (Fsp3) is 0.364. The summed E-state index contributed by atoms with van der Waals surface area (Å²) in [4.78, 5) is 11.2. The molecule has 4 nitrogen and oxygen atoms in total. The van der Waals surface area contributed by atoms with Crippen LogP contribution in [-0.2, 0) is 4.74 Å². The number of methoxy groups -OCH3 is 1. The molecule has 0 saturated carbocycles. The third-order valence-electron chi connectivity index (χ3n) is 2.13. The summed E-state index contributed by atoms with van der Waals surface area (Å²) in [5.41, 5.74) is 6.46. The molecule has 0 fully saturated rings. The van der Waals surface area contributed by atoms with Gasteiger partial charge in [-0.25, -0.2) is 4.79 Å². The summed E-state index contributed by atoms with van der Waals surface area (Å²) >= 11 is 0. The maximum absolute atomic E-state index is 11.2. The lowest BCUT2D eigenvalue weighted by Gasteiger charge is -2.10. The maximum Gasteiger partial charge on any atom is 0.337 e. The van der Waals surface area contributed by atoms with Crippen LogP contribution in [0.2, 0.25) is 0 Å². The van der Waals surface area contributed by atoms with Gasteiger partial charge in [0.2, 0.25) is 0 Å². The Morgan fingerprint density at radius 1 is 1.60 bits per heavy atom. The molecular formula is C11H15NO3. The van der Waals surface area contributed by atoms with Crippen molar-refractivity contribution in [2.45, 2.75) is 12.5 Å². The molecule has 0 aliphatic carbocycles. The molecule has 0 aliphatic heterocycles. The van der Waals surface area contributed by atoms with Crippen LogP contribution in [0.1, 0.15) is 28.4 Å². The summed E-state index contributed by atoms with van der Waals surface area (Å²) in [7, 11) is 1.32. The first kappa shape index (κ1) is 11.7. The minimum absolute atomic E-state index is 0.406. The van der Waals surface area contributed by atoms with E-state index in [2.05, 4.69) is 4.74 Å². The molecule has 4 heteroatoms. The maximum atomic E-state index is 11.2. The van der Waals surface area contributed by atoms with Gasteiger partial charge in [0.15, 0.2) is 0 Å². The Kier molecular flexibility index (Phi) is 4.27. The van der Waals surface area contributed by atoms with Crippen LogP contribution in [-0.4, -0.2) is 24.7 Å². The number of carbonyl (C=O) groups excluding carboxylic acids is 1. The van der Waals surface area contributed by atoms with Gasteiger partial charge in [0.05, 0.1) is 18.8 Å². The summed E-state index contributed by atoms with van der Waals surface area (Å²) < 4.78 is 4.59. The fourth-order valence-corrected chi connectivity index (χ4v) is 1.32. The van der Waals surface area contributed by atoms with E-state index in [4.69, 9.17) is 5.73 Å². The molecular weight excluding hydrogens is 194 g/mol. The van der Waals surface area contributed by atoms with Crippen molar-refractivity contribution in [3.63, 3.8) is 0 Å². The first-order valence-electron chi connectivity index (χ1n) is 4.75. The number of aliphatic hydroxyl groups excluding tert-OH is 1. The molecule has 1 aromatic rings. The highest BCUT2D eigenvalue weighted by atomic mass is 16.5. The van der Waals surface area contributed by atoms with E-state index in [1.54, 1.807) is 24.3 Å². The van der Waals surface area contributed by atoms with Crippen LogP contribution in [0.15, 0.2) is 24.3 Å². The average Bonchev–Trinajstić information content (AvgIpc) is 2.28. The van der Waals surface area contributed by atoms with Crippen molar-refractivity contribution in [3.05, 3.63) is 35.4 Å². The Hall–Kier alpha value is -1.39. The number of esters is 1. The molecule has 15 heavy (non-hydrogen) atoms. The lowest BCUT2D eigenvalue weighted by Crippen LogP contribution is -2.08. The SMILES string of the molecule is COC(=O)c1cccc([C@H](O)CCN)c1. The average molecular weight is 209 g/mol. The number of aliphatic hydroxyl groups is 1.